The van der Waals surface area contributed by atoms with Crippen LogP contribution in [0.1, 0.15) is 51.0 Å². The van der Waals surface area contributed by atoms with Gasteiger partial charge in [-0.25, -0.2) is 4.99 Å². The summed E-state index contributed by atoms with van der Waals surface area (Å²) in [7, 11) is 1.71. The van der Waals surface area contributed by atoms with Crippen LogP contribution in [0, 0.1) is 5.92 Å². The lowest BCUT2D eigenvalue weighted by Crippen LogP contribution is -2.54. The van der Waals surface area contributed by atoms with Gasteiger partial charge in [0, 0.05) is 13.6 Å². The molecule has 0 bridgehead atoms. The number of carbonyl (C=O) groups is 1. The topological polar surface area (TPSA) is 61.9 Å². The van der Waals surface area contributed by atoms with Crippen LogP contribution in [0.25, 0.3) is 0 Å². The standard InChI is InChI=1S/C21H32N4O/c1-16(17-8-5-4-6-9-17)11-13-25-12-7-10-18(15-25)21(2)14-19(26)24(3)20(22)23-21/h4-6,8-9,16,18H,7,10-15H2,1-3H3,(H2,22,23)/t16?,18?,21-/m0/s1. The van der Waals surface area contributed by atoms with Crippen molar-refractivity contribution in [1.82, 2.24) is 9.80 Å². The Hall–Kier alpha value is -1.88. The Morgan fingerprint density at radius 3 is 2.77 bits per heavy atom. The minimum absolute atomic E-state index is 0.0785. The van der Waals surface area contributed by atoms with E-state index in [2.05, 4.69) is 49.1 Å². The Morgan fingerprint density at radius 1 is 1.35 bits per heavy atom. The van der Waals surface area contributed by atoms with Gasteiger partial charge in [0.2, 0.25) is 5.91 Å². The fraction of sp³-hybridized carbons (Fsp3) is 0.619. The molecule has 1 saturated heterocycles. The maximum Gasteiger partial charge on any atom is 0.231 e. The van der Waals surface area contributed by atoms with Crippen molar-refractivity contribution in [3.8, 4) is 0 Å². The third-order valence-electron chi connectivity index (χ3n) is 6.23. The molecule has 0 spiro atoms. The van der Waals surface area contributed by atoms with Gasteiger partial charge in [0.25, 0.3) is 0 Å². The average molecular weight is 357 g/mol. The summed E-state index contributed by atoms with van der Waals surface area (Å²) in [4.78, 5) is 21.0. The van der Waals surface area contributed by atoms with Gasteiger partial charge in [-0.1, -0.05) is 37.3 Å². The highest BCUT2D eigenvalue weighted by Gasteiger charge is 2.42. The predicted molar refractivity (Wildman–Crippen MR) is 106 cm³/mol. The van der Waals surface area contributed by atoms with Crippen molar-refractivity contribution in [3.05, 3.63) is 35.9 Å². The van der Waals surface area contributed by atoms with Gasteiger partial charge in [0.1, 0.15) is 0 Å². The Kier molecular flexibility index (Phi) is 5.66. The van der Waals surface area contributed by atoms with Crippen molar-refractivity contribution in [2.45, 2.75) is 51.0 Å². The number of nitrogens with zero attached hydrogens (tertiary/aromatic N) is 3. The summed E-state index contributed by atoms with van der Waals surface area (Å²) in [5.74, 6) is 1.39. The molecule has 0 aliphatic carbocycles. The zero-order chi connectivity index (χ0) is 18.7. The first-order chi connectivity index (χ1) is 12.4. The van der Waals surface area contributed by atoms with Crippen LogP contribution in [0.4, 0.5) is 0 Å². The highest BCUT2D eigenvalue weighted by molar-refractivity contribution is 5.98. The van der Waals surface area contributed by atoms with Crippen LogP contribution in [0.3, 0.4) is 0 Å². The van der Waals surface area contributed by atoms with E-state index < -0.39 is 0 Å². The van der Waals surface area contributed by atoms with E-state index >= 15 is 0 Å². The molecule has 2 aliphatic heterocycles. The summed E-state index contributed by atoms with van der Waals surface area (Å²) in [5, 5.41) is 0. The average Bonchev–Trinajstić information content (AvgIpc) is 2.65. The fourth-order valence-electron chi connectivity index (χ4n) is 4.26. The van der Waals surface area contributed by atoms with E-state index in [-0.39, 0.29) is 11.4 Å². The smallest absolute Gasteiger partial charge is 0.231 e. The van der Waals surface area contributed by atoms with Crippen LogP contribution >= 0.6 is 0 Å². The van der Waals surface area contributed by atoms with E-state index in [4.69, 9.17) is 10.7 Å². The molecular weight excluding hydrogens is 324 g/mol. The first kappa shape index (κ1) is 18.9. The molecule has 26 heavy (non-hydrogen) atoms. The fourth-order valence-corrected chi connectivity index (χ4v) is 4.26. The largest absolute Gasteiger partial charge is 0.369 e. The zero-order valence-electron chi connectivity index (χ0n) is 16.3. The van der Waals surface area contributed by atoms with E-state index in [1.54, 1.807) is 7.05 Å². The van der Waals surface area contributed by atoms with Crippen molar-refractivity contribution < 1.29 is 4.79 Å². The van der Waals surface area contributed by atoms with Gasteiger partial charge in [-0.2, -0.15) is 0 Å². The summed E-state index contributed by atoms with van der Waals surface area (Å²) in [6, 6.07) is 10.7. The van der Waals surface area contributed by atoms with Crippen molar-refractivity contribution in [3.63, 3.8) is 0 Å². The summed E-state index contributed by atoms with van der Waals surface area (Å²) < 4.78 is 0. The van der Waals surface area contributed by atoms with Crippen LogP contribution < -0.4 is 5.73 Å². The van der Waals surface area contributed by atoms with Gasteiger partial charge < -0.3 is 10.6 Å². The molecule has 1 aromatic carbocycles. The van der Waals surface area contributed by atoms with Gasteiger partial charge in [0.15, 0.2) is 5.96 Å². The molecule has 0 aromatic heterocycles. The Morgan fingerprint density at radius 2 is 2.08 bits per heavy atom. The van der Waals surface area contributed by atoms with Gasteiger partial charge in [0.05, 0.1) is 12.0 Å². The number of carbonyl (C=O) groups excluding carboxylic acids is 1. The molecule has 1 fully saturated rings. The molecule has 5 nitrogen and oxygen atoms in total. The molecule has 1 amide bonds. The van der Waals surface area contributed by atoms with Crippen LogP contribution in [-0.4, -0.2) is 53.9 Å². The quantitative estimate of drug-likeness (QED) is 0.882. The Balaban J connectivity index is 1.60. The van der Waals surface area contributed by atoms with Gasteiger partial charge in [-0.15, -0.1) is 0 Å². The highest BCUT2D eigenvalue weighted by atomic mass is 16.2. The monoisotopic (exact) mass is 356 g/mol. The number of likely N-dealkylation sites (tertiary alicyclic amines) is 1. The lowest BCUT2D eigenvalue weighted by Gasteiger charge is -2.43. The Labute approximate surface area is 157 Å². The lowest BCUT2D eigenvalue weighted by atomic mass is 9.77. The SMILES string of the molecule is CC(CCN1CCCC([C@]2(C)CC(=O)N(C)C(N)=N2)C1)c1ccccc1. The number of amides is 1. The molecular formula is C21H32N4O. The van der Waals surface area contributed by atoms with Gasteiger partial charge >= 0.3 is 0 Å². The van der Waals surface area contributed by atoms with Gasteiger partial charge in [-0.3, -0.25) is 9.69 Å². The van der Waals surface area contributed by atoms with Crippen LogP contribution in [0.2, 0.25) is 0 Å². The third-order valence-corrected chi connectivity index (χ3v) is 6.23. The number of benzene rings is 1. The number of piperidine rings is 1. The molecule has 3 atom stereocenters. The second-order valence-electron chi connectivity index (χ2n) is 8.20. The van der Waals surface area contributed by atoms with Gasteiger partial charge in [-0.05, 0) is 56.7 Å². The summed E-state index contributed by atoms with van der Waals surface area (Å²) in [6.45, 7) is 7.65. The normalized spacial score (nSPS) is 28.7. The number of guanidine groups is 1. The molecule has 0 saturated carbocycles. The molecule has 1 aromatic rings. The van der Waals surface area contributed by atoms with Crippen LogP contribution in [0.5, 0.6) is 0 Å². The van der Waals surface area contributed by atoms with E-state index in [9.17, 15) is 4.79 Å². The third kappa shape index (κ3) is 4.09. The van der Waals surface area contributed by atoms with Crippen molar-refractivity contribution in [2.24, 2.45) is 16.6 Å². The molecule has 3 rings (SSSR count). The first-order valence-corrected chi connectivity index (χ1v) is 9.78. The van der Waals surface area contributed by atoms with Crippen molar-refractivity contribution >= 4 is 11.9 Å². The second kappa shape index (κ2) is 7.78. The molecule has 2 aliphatic rings. The first-order valence-electron chi connectivity index (χ1n) is 9.78. The summed E-state index contributed by atoms with van der Waals surface area (Å²) in [6.07, 6.45) is 3.90. The number of rotatable bonds is 5. The minimum Gasteiger partial charge on any atom is -0.369 e. The number of hydrogen-bond donors (Lipinski definition) is 1. The Bertz CT molecular complexity index is 659. The molecule has 5 heteroatoms. The maximum absolute atomic E-state index is 12.3. The second-order valence-corrected chi connectivity index (χ2v) is 8.20. The number of hydrogen-bond acceptors (Lipinski definition) is 4. The highest BCUT2D eigenvalue weighted by Crippen LogP contribution is 2.35. The zero-order valence-corrected chi connectivity index (χ0v) is 16.3. The number of nitrogens with two attached hydrogens (primary N) is 1. The minimum atomic E-state index is -0.364. The number of aliphatic imine (C=N–C) groups is 1. The summed E-state index contributed by atoms with van der Waals surface area (Å²) >= 11 is 0. The van der Waals surface area contributed by atoms with Crippen molar-refractivity contribution in [1.29, 1.82) is 0 Å². The van der Waals surface area contributed by atoms with E-state index in [0.29, 0.717) is 24.2 Å². The predicted octanol–water partition coefficient (Wildman–Crippen LogP) is 2.83. The van der Waals surface area contributed by atoms with Crippen molar-refractivity contribution in [2.75, 3.05) is 26.7 Å². The maximum atomic E-state index is 12.3. The molecule has 0 radical (unpaired) electrons. The molecule has 2 heterocycles. The molecule has 2 N–H and O–H groups in total. The molecule has 142 valence electrons. The van der Waals surface area contributed by atoms with Crippen LogP contribution in [0.15, 0.2) is 35.3 Å². The van der Waals surface area contributed by atoms with E-state index in [1.165, 1.54) is 16.9 Å². The van der Waals surface area contributed by atoms with E-state index in [0.717, 1.165) is 32.5 Å². The van der Waals surface area contributed by atoms with E-state index in [1.807, 2.05) is 0 Å². The summed E-state index contributed by atoms with van der Waals surface area (Å²) in [5.41, 5.74) is 7.03. The van der Waals surface area contributed by atoms with Crippen LogP contribution in [-0.2, 0) is 4.79 Å². The lowest BCUT2D eigenvalue weighted by molar-refractivity contribution is -0.129. The molecule has 2 unspecified atom stereocenters.